The van der Waals surface area contributed by atoms with Gasteiger partial charge in [0.25, 0.3) is 0 Å². The maximum Gasteiger partial charge on any atom is 0.140 e. The monoisotopic (exact) mass is 377 g/mol. The van der Waals surface area contributed by atoms with Crippen LogP contribution >= 0.6 is 0 Å². The summed E-state index contributed by atoms with van der Waals surface area (Å²) in [7, 11) is 0. The molecule has 0 bridgehead atoms. The van der Waals surface area contributed by atoms with Crippen LogP contribution in [-0.2, 0) is 16.1 Å². The summed E-state index contributed by atoms with van der Waals surface area (Å²) < 4.78 is 6.23. The number of benzene rings is 2. The normalized spacial score (nSPS) is 26.3. The molecule has 3 nitrogen and oxygen atoms in total. The van der Waals surface area contributed by atoms with Crippen molar-refractivity contribution in [2.24, 2.45) is 5.92 Å². The van der Waals surface area contributed by atoms with Gasteiger partial charge in [0.05, 0.1) is 18.6 Å². The maximum absolute atomic E-state index is 12.4. The molecule has 2 aliphatic rings. The third-order valence-corrected chi connectivity index (χ3v) is 6.34. The fourth-order valence-electron chi connectivity index (χ4n) is 4.65. The average Bonchev–Trinajstić information content (AvgIpc) is 2.76. The number of carbonyl (C=O) groups excluding carboxylic acids is 1. The Kier molecular flexibility index (Phi) is 6.56. The van der Waals surface area contributed by atoms with Crippen molar-refractivity contribution < 1.29 is 9.53 Å². The zero-order valence-electron chi connectivity index (χ0n) is 16.6. The molecule has 0 unspecified atom stereocenters. The highest BCUT2D eigenvalue weighted by molar-refractivity contribution is 5.82. The second kappa shape index (κ2) is 9.49. The minimum atomic E-state index is 0.0318. The standard InChI is InChI=1S/C25H31NO2/c27-25-15-16-26(17-20-7-3-1-4-8-20)18-23(25)19-28-24-13-11-22(12-14-24)21-9-5-2-6-10-21/h1-10,22-24H,11-19H2/t22-,23-,24+/m0/s1. The highest BCUT2D eigenvalue weighted by Gasteiger charge is 2.29. The summed E-state index contributed by atoms with van der Waals surface area (Å²) in [6.07, 6.45) is 5.56. The van der Waals surface area contributed by atoms with Gasteiger partial charge in [-0.3, -0.25) is 9.69 Å². The highest BCUT2D eigenvalue weighted by Crippen LogP contribution is 2.34. The van der Waals surface area contributed by atoms with Gasteiger partial charge in [0.1, 0.15) is 5.78 Å². The minimum absolute atomic E-state index is 0.0318. The Bertz CT molecular complexity index is 738. The molecule has 0 N–H and O–H groups in total. The lowest BCUT2D eigenvalue weighted by Gasteiger charge is -2.34. The quantitative estimate of drug-likeness (QED) is 0.723. The summed E-state index contributed by atoms with van der Waals surface area (Å²) >= 11 is 0. The Morgan fingerprint density at radius 1 is 0.893 bits per heavy atom. The largest absolute Gasteiger partial charge is 0.377 e. The minimum Gasteiger partial charge on any atom is -0.377 e. The molecule has 28 heavy (non-hydrogen) atoms. The van der Waals surface area contributed by atoms with E-state index in [1.54, 1.807) is 0 Å². The predicted molar refractivity (Wildman–Crippen MR) is 112 cm³/mol. The van der Waals surface area contributed by atoms with E-state index in [0.717, 1.165) is 32.5 Å². The van der Waals surface area contributed by atoms with Crippen molar-refractivity contribution in [1.29, 1.82) is 0 Å². The van der Waals surface area contributed by atoms with Gasteiger partial charge in [0.2, 0.25) is 0 Å². The van der Waals surface area contributed by atoms with Crippen LogP contribution in [-0.4, -0.2) is 36.5 Å². The third-order valence-electron chi connectivity index (χ3n) is 6.34. The number of ketones is 1. The second-order valence-electron chi connectivity index (χ2n) is 8.35. The van der Waals surface area contributed by atoms with Crippen molar-refractivity contribution in [3.05, 3.63) is 71.8 Å². The fourth-order valence-corrected chi connectivity index (χ4v) is 4.65. The van der Waals surface area contributed by atoms with Gasteiger partial charge < -0.3 is 4.74 Å². The number of ether oxygens (including phenoxy) is 1. The molecule has 1 heterocycles. The molecule has 148 valence electrons. The van der Waals surface area contributed by atoms with Crippen molar-refractivity contribution in [3.63, 3.8) is 0 Å². The van der Waals surface area contributed by atoms with Crippen LogP contribution in [0.4, 0.5) is 0 Å². The molecule has 3 heteroatoms. The predicted octanol–water partition coefficient (Wildman–Crippen LogP) is 4.82. The van der Waals surface area contributed by atoms with E-state index in [1.807, 2.05) is 6.07 Å². The molecule has 1 saturated heterocycles. The third kappa shape index (κ3) is 5.09. The number of nitrogens with zero attached hydrogens (tertiary/aromatic N) is 1. The Morgan fingerprint density at radius 3 is 2.29 bits per heavy atom. The number of hydrogen-bond donors (Lipinski definition) is 0. The lowest BCUT2D eigenvalue weighted by atomic mass is 9.83. The Morgan fingerprint density at radius 2 is 1.57 bits per heavy atom. The molecule has 0 aromatic heterocycles. The zero-order chi connectivity index (χ0) is 19.2. The van der Waals surface area contributed by atoms with Gasteiger partial charge in [0, 0.05) is 26.1 Å². The fraction of sp³-hybridized carbons (Fsp3) is 0.480. The summed E-state index contributed by atoms with van der Waals surface area (Å²) in [6, 6.07) is 21.4. The van der Waals surface area contributed by atoms with E-state index in [9.17, 15) is 4.79 Å². The van der Waals surface area contributed by atoms with Crippen LogP contribution < -0.4 is 0 Å². The molecule has 2 fully saturated rings. The number of Topliss-reactive ketones (excluding diaryl/α,β-unsaturated/α-hetero) is 1. The average molecular weight is 378 g/mol. The summed E-state index contributed by atoms with van der Waals surface area (Å²) in [6.45, 7) is 3.21. The first-order valence-electron chi connectivity index (χ1n) is 10.7. The van der Waals surface area contributed by atoms with Crippen LogP contribution in [0.3, 0.4) is 0 Å². The molecule has 2 aromatic carbocycles. The summed E-state index contributed by atoms with van der Waals surface area (Å²) in [4.78, 5) is 14.8. The van der Waals surface area contributed by atoms with Crippen LogP contribution in [0.15, 0.2) is 60.7 Å². The van der Waals surface area contributed by atoms with Crippen molar-refractivity contribution in [3.8, 4) is 0 Å². The van der Waals surface area contributed by atoms with Crippen molar-refractivity contribution in [2.45, 2.75) is 50.7 Å². The second-order valence-corrected chi connectivity index (χ2v) is 8.35. The van der Waals surface area contributed by atoms with E-state index in [4.69, 9.17) is 4.74 Å². The highest BCUT2D eigenvalue weighted by atomic mass is 16.5. The van der Waals surface area contributed by atoms with E-state index < -0.39 is 0 Å². The molecule has 0 radical (unpaired) electrons. The first kappa shape index (κ1) is 19.4. The van der Waals surface area contributed by atoms with Gasteiger partial charge in [-0.1, -0.05) is 60.7 Å². The van der Waals surface area contributed by atoms with Gasteiger partial charge in [-0.2, -0.15) is 0 Å². The molecule has 0 amide bonds. The first-order valence-corrected chi connectivity index (χ1v) is 10.7. The molecule has 1 aliphatic heterocycles. The molecule has 1 aliphatic carbocycles. The molecule has 2 aromatic rings. The number of likely N-dealkylation sites (tertiary alicyclic amines) is 1. The topological polar surface area (TPSA) is 29.5 Å². The van der Waals surface area contributed by atoms with E-state index in [0.29, 0.717) is 30.8 Å². The van der Waals surface area contributed by atoms with Crippen LogP contribution in [0.5, 0.6) is 0 Å². The smallest absolute Gasteiger partial charge is 0.140 e. The Balaban J connectivity index is 1.23. The number of rotatable bonds is 6. The molecule has 0 spiro atoms. The lowest BCUT2D eigenvalue weighted by molar-refractivity contribution is -0.130. The van der Waals surface area contributed by atoms with Gasteiger partial charge in [-0.15, -0.1) is 0 Å². The lowest BCUT2D eigenvalue weighted by Crippen LogP contribution is -2.42. The van der Waals surface area contributed by atoms with E-state index >= 15 is 0 Å². The summed E-state index contributed by atoms with van der Waals surface area (Å²) in [5, 5.41) is 0. The van der Waals surface area contributed by atoms with E-state index in [1.165, 1.54) is 24.0 Å². The van der Waals surface area contributed by atoms with Crippen LogP contribution in [0.1, 0.15) is 49.1 Å². The summed E-state index contributed by atoms with van der Waals surface area (Å²) in [5.74, 6) is 1.07. The van der Waals surface area contributed by atoms with Gasteiger partial charge >= 0.3 is 0 Å². The van der Waals surface area contributed by atoms with Crippen molar-refractivity contribution in [2.75, 3.05) is 19.7 Å². The van der Waals surface area contributed by atoms with E-state index in [-0.39, 0.29) is 5.92 Å². The first-order chi connectivity index (χ1) is 13.8. The number of carbonyl (C=O) groups is 1. The van der Waals surface area contributed by atoms with Crippen LogP contribution in [0.2, 0.25) is 0 Å². The Hall–Kier alpha value is -1.97. The van der Waals surface area contributed by atoms with Crippen molar-refractivity contribution in [1.82, 2.24) is 4.90 Å². The molecular weight excluding hydrogens is 346 g/mol. The number of hydrogen-bond acceptors (Lipinski definition) is 3. The van der Waals surface area contributed by atoms with Crippen molar-refractivity contribution >= 4 is 5.78 Å². The van der Waals surface area contributed by atoms with Gasteiger partial charge in [-0.05, 0) is 42.7 Å². The molecular formula is C25H31NO2. The molecule has 4 rings (SSSR count). The van der Waals surface area contributed by atoms with E-state index in [2.05, 4.69) is 59.5 Å². The van der Waals surface area contributed by atoms with Crippen LogP contribution in [0, 0.1) is 5.92 Å². The summed E-state index contributed by atoms with van der Waals surface area (Å²) in [5.41, 5.74) is 2.77. The SMILES string of the molecule is O=C1CCN(Cc2ccccc2)C[C@H]1CO[C@H]1CC[C@@H](c2ccccc2)CC1. The van der Waals surface area contributed by atoms with Gasteiger partial charge in [0.15, 0.2) is 0 Å². The molecule has 1 atom stereocenters. The zero-order valence-corrected chi connectivity index (χ0v) is 16.6. The van der Waals surface area contributed by atoms with Gasteiger partial charge in [-0.25, -0.2) is 0 Å². The molecule has 1 saturated carbocycles. The van der Waals surface area contributed by atoms with Crippen LogP contribution in [0.25, 0.3) is 0 Å². The maximum atomic E-state index is 12.4. The Labute approximate surface area is 168 Å². The number of piperidine rings is 1.